The number of nitrogens with zero attached hydrogens (tertiary/aromatic N) is 1. The van der Waals surface area contributed by atoms with E-state index in [1.54, 1.807) is 12.1 Å². The summed E-state index contributed by atoms with van der Waals surface area (Å²) < 4.78 is 13.5. The lowest BCUT2D eigenvalue weighted by atomic mass is 9.85. The molecule has 126 valence electrons. The molecule has 1 aliphatic heterocycles. The van der Waals surface area contributed by atoms with Crippen molar-refractivity contribution in [3.8, 4) is 0 Å². The van der Waals surface area contributed by atoms with Gasteiger partial charge in [-0.15, -0.1) is 0 Å². The summed E-state index contributed by atoms with van der Waals surface area (Å²) >= 11 is 0. The van der Waals surface area contributed by atoms with Crippen molar-refractivity contribution in [1.29, 1.82) is 0 Å². The number of anilines is 1. The Morgan fingerprint density at radius 3 is 2.38 bits per heavy atom. The second-order valence-electron chi connectivity index (χ2n) is 6.12. The van der Waals surface area contributed by atoms with E-state index in [4.69, 9.17) is 0 Å². The summed E-state index contributed by atoms with van der Waals surface area (Å²) in [5.74, 6) is -1.58. The Morgan fingerprint density at radius 1 is 1.12 bits per heavy atom. The summed E-state index contributed by atoms with van der Waals surface area (Å²) in [5, 5.41) is 2.50. The fraction of sp³-hybridized carbons (Fsp3) is 0.389. The highest BCUT2D eigenvalue weighted by molar-refractivity contribution is 6.05. The fourth-order valence-electron chi connectivity index (χ4n) is 3.26. The molecule has 6 heteroatoms. The molecule has 0 bridgehead atoms. The second-order valence-corrected chi connectivity index (χ2v) is 6.12. The first-order valence-corrected chi connectivity index (χ1v) is 8.12. The van der Waals surface area contributed by atoms with Crippen LogP contribution in [0.15, 0.2) is 36.4 Å². The normalized spacial score (nSPS) is 22.6. The van der Waals surface area contributed by atoms with Gasteiger partial charge in [0.1, 0.15) is 5.82 Å². The van der Waals surface area contributed by atoms with Gasteiger partial charge in [0.2, 0.25) is 17.7 Å². The molecule has 1 saturated heterocycles. The predicted octanol–water partition coefficient (Wildman–Crippen LogP) is 2.50. The maximum absolute atomic E-state index is 13.5. The van der Waals surface area contributed by atoms with Crippen LogP contribution >= 0.6 is 0 Å². The van der Waals surface area contributed by atoms with Crippen molar-refractivity contribution >= 4 is 23.4 Å². The smallest absolute Gasteiger partial charge is 0.233 e. The number of amides is 3. The van der Waals surface area contributed by atoms with E-state index in [1.165, 1.54) is 17.0 Å². The number of carbonyl (C=O) groups is 3. The van der Waals surface area contributed by atoms with Crippen molar-refractivity contribution in [2.45, 2.75) is 25.7 Å². The zero-order valence-corrected chi connectivity index (χ0v) is 13.2. The number of allylic oxidation sites excluding steroid dienone is 2. The second kappa shape index (κ2) is 6.95. The minimum atomic E-state index is -0.493. The van der Waals surface area contributed by atoms with Gasteiger partial charge >= 0.3 is 0 Å². The standard InChI is InChI=1S/C18H19FN2O3/c19-14-8-3-4-9-15(14)20-16(22)10-5-11-21-17(23)12-6-1-2-7-13(12)18(21)24/h1-4,8-9,12-13H,5-7,10-11H2,(H,20,22). The van der Waals surface area contributed by atoms with Gasteiger partial charge in [-0.25, -0.2) is 4.39 Å². The Bertz CT molecular complexity index is 675. The lowest BCUT2D eigenvalue weighted by Crippen LogP contribution is -2.32. The lowest BCUT2D eigenvalue weighted by Gasteiger charge is -2.14. The lowest BCUT2D eigenvalue weighted by molar-refractivity contribution is -0.140. The molecular weight excluding hydrogens is 311 g/mol. The van der Waals surface area contributed by atoms with E-state index < -0.39 is 5.82 Å². The van der Waals surface area contributed by atoms with E-state index in [1.807, 2.05) is 12.2 Å². The molecular formula is C18H19FN2O3. The summed E-state index contributed by atoms with van der Waals surface area (Å²) in [7, 11) is 0. The molecule has 2 aliphatic rings. The first kappa shape index (κ1) is 16.4. The number of halogens is 1. The number of benzene rings is 1. The fourth-order valence-corrected chi connectivity index (χ4v) is 3.26. The molecule has 3 amide bonds. The largest absolute Gasteiger partial charge is 0.324 e. The molecule has 0 saturated carbocycles. The molecule has 0 spiro atoms. The quantitative estimate of drug-likeness (QED) is 0.666. The van der Waals surface area contributed by atoms with Gasteiger partial charge in [0.05, 0.1) is 17.5 Å². The maximum Gasteiger partial charge on any atom is 0.233 e. The molecule has 3 rings (SSSR count). The van der Waals surface area contributed by atoms with E-state index in [9.17, 15) is 18.8 Å². The Labute approximate surface area is 139 Å². The molecule has 0 aromatic heterocycles. The number of carbonyl (C=O) groups excluding carboxylic acids is 3. The van der Waals surface area contributed by atoms with Crippen LogP contribution in [0.1, 0.15) is 25.7 Å². The van der Waals surface area contributed by atoms with Gasteiger partial charge in [-0.05, 0) is 31.4 Å². The Balaban J connectivity index is 1.50. The minimum absolute atomic E-state index is 0.124. The van der Waals surface area contributed by atoms with Crippen molar-refractivity contribution in [3.63, 3.8) is 0 Å². The van der Waals surface area contributed by atoms with Gasteiger partial charge in [-0.2, -0.15) is 0 Å². The molecule has 2 atom stereocenters. The number of para-hydroxylation sites is 1. The third-order valence-corrected chi connectivity index (χ3v) is 4.53. The molecule has 0 radical (unpaired) electrons. The topological polar surface area (TPSA) is 66.5 Å². The van der Waals surface area contributed by atoms with E-state index in [2.05, 4.69) is 5.32 Å². The average molecular weight is 330 g/mol. The van der Waals surface area contributed by atoms with Gasteiger partial charge in [0.25, 0.3) is 0 Å². The highest BCUT2D eigenvalue weighted by atomic mass is 19.1. The van der Waals surface area contributed by atoms with Crippen LogP contribution in [-0.2, 0) is 14.4 Å². The number of likely N-dealkylation sites (tertiary alicyclic amines) is 1. The van der Waals surface area contributed by atoms with Crippen LogP contribution in [0.2, 0.25) is 0 Å². The Morgan fingerprint density at radius 2 is 1.75 bits per heavy atom. The van der Waals surface area contributed by atoms with Gasteiger partial charge in [-0.1, -0.05) is 24.3 Å². The number of fused-ring (bicyclic) bond motifs is 1. The summed E-state index contributed by atoms with van der Waals surface area (Å²) in [6.07, 6.45) is 5.60. The number of imide groups is 1. The third-order valence-electron chi connectivity index (χ3n) is 4.53. The van der Waals surface area contributed by atoms with Crippen LogP contribution < -0.4 is 5.32 Å². The molecule has 24 heavy (non-hydrogen) atoms. The van der Waals surface area contributed by atoms with E-state index in [0.29, 0.717) is 19.3 Å². The van der Waals surface area contributed by atoms with Crippen LogP contribution in [0.4, 0.5) is 10.1 Å². The first-order chi connectivity index (χ1) is 11.6. The highest BCUT2D eigenvalue weighted by Gasteiger charge is 2.46. The molecule has 1 aromatic carbocycles. The Kier molecular flexibility index (Phi) is 4.74. The summed E-state index contributed by atoms with van der Waals surface area (Å²) in [6, 6.07) is 5.94. The number of rotatable bonds is 5. The third kappa shape index (κ3) is 3.22. The molecule has 1 N–H and O–H groups in total. The van der Waals surface area contributed by atoms with Gasteiger partial charge in [0, 0.05) is 13.0 Å². The first-order valence-electron chi connectivity index (χ1n) is 8.12. The van der Waals surface area contributed by atoms with Gasteiger partial charge in [-0.3, -0.25) is 19.3 Å². The maximum atomic E-state index is 13.5. The summed E-state index contributed by atoms with van der Waals surface area (Å²) in [4.78, 5) is 37.7. The van der Waals surface area contributed by atoms with Crippen LogP contribution in [0.25, 0.3) is 0 Å². The van der Waals surface area contributed by atoms with Crippen LogP contribution in [0, 0.1) is 17.7 Å². The molecule has 1 fully saturated rings. The van der Waals surface area contributed by atoms with Gasteiger partial charge < -0.3 is 5.32 Å². The molecule has 1 heterocycles. The summed E-state index contributed by atoms with van der Waals surface area (Å²) in [6.45, 7) is 0.232. The SMILES string of the molecule is O=C(CCCN1C(=O)C2CC=CCC2C1=O)Nc1ccccc1F. The molecule has 1 aliphatic carbocycles. The van der Waals surface area contributed by atoms with Crippen molar-refractivity contribution in [3.05, 3.63) is 42.2 Å². The van der Waals surface area contributed by atoms with E-state index >= 15 is 0 Å². The van der Waals surface area contributed by atoms with Crippen molar-refractivity contribution < 1.29 is 18.8 Å². The number of hydrogen-bond donors (Lipinski definition) is 1. The van der Waals surface area contributed by atoms with Crippen molar-refractivity contribution in [1.82, 2.24) is 4.90 Å². The zero-order chi connectivity index (χ0) is 17.1. The van der Waals surface area contributed by atoms with Crippen LogP contribution in [-0.4, -0.2) is 29.2 Å². The Hall–Kier alpha value is -2.50. The van der Waals surface area contributed by atoms with Crippen LogP contribution in [0.3, 0.4) is 0 Å². The number of hydrogen-bond acceptors (Lipinski definition) is 3. The predicted molar refractivity (Wildman–Crippen MR) is 86.3 cm³/mol. The zero-order valence-electron chi connectivity index (χ0n) is 13.2. The average Bonchev–Trinajstić information content (AvgIpc) is 2.82. The van der Waals surface area contributed by atoms with Crippen molar-refractivity contribution in [2.24, 2.45) is 11.8 Å². The molecule has 2 unspecified atom stereocenters. The minimum Gasteiger partial charge on any atom is -0.324 e. The monoisotopic (exact) mass is 330 g/mol. The number of nitrogens with one attached hydrogen (secondary N) is 1. The van der Waals surface area contributed by atoms with Crippen LogP contribution in [0.5, 0.6) is 0 Å². The highest BCUT2D eigenvalue weighted by Crippen LogP contribution is 2.35. The van der Waals surface area contributed by atoms with E-state index in [-0.39, 0.29) is 48.2 Å². The summed E-state index contributed by atoms with van der Waals surface area (Å²) in [5.41, 5.74) is 0.132. The molecule has 5 nitrogen and oxygen atoms in total. The molecule has 1 aromatic rings. The van der Waals surface area contributed by atoms with Gasteiger partial charge in [0.15, 0.2) is 0 Å². The van der Waals surface area contributed by atoms with Crippen molar-refractivity contribution in [2.75, 3.05) is 11.9 Å². The van der Waals surface area contributed by atoms with E-state index in [0.717, 1.165) is 0 Å².